The van der Waals surface area contributed by atoms with Gasteiger partial charge in [-0.2, -0.15) is 0 Å². The number of methoxy groups -OCH3 is 4. The molecule has 14 atom stereocenters. The molecule has 1 N–H and O–H groups in total. The zero-order chi connectivity index (χ0) is 103. The van der Waals surface area contributed by atoms with Crippen molar-refractivity contribution < 1.29 is 104 Å². The molecule has 776 valence electrons. The lowest BCUT2D eigenvalue weighted by Gasteiger charge is -2.43. The summed E-state index contributed by atoms with van der Waals surface area (Å²) in [4.78, 5) is 50.4. The molecule has 14 unspecified atom stereocenters. The van der Waals surface area contributed by atoms with Gasteiger partial charge in [0.15, 0.2) is 41.8 Å². The maximum absolute atomic E-state index is 13.3. The van der Waals surface area contributed by atoms with E-state index in [1.54, 1.807) is 52.7 Å². The molecule has 0 bridgehead atoms. The van der Waals surface area contributed by atoms with Crippen LogP contribution in [-0.4, -0.2) is 189 Å². The van der Waals surface area contributed by atoms with Gasteiger partial charge in [0.05, 0.1) is 77.2 Å². The van der Waals surface area contributed by atoms with Gasteiger partial charge in [-0.05, 0) is 244 Å². The van der Waals surface area contributed by atoms with Gasteiger partial charge in [-0.1, -0.05) is 229 Å². The summed E-state index contributed by atoms with van der Waals surface area (Å²) < 4.78 is 102. The molecule has 8 aromatic rings. The minimum atomic E-state index is -2.16. The molecule has 8 aromatic carbocycles. The van der Waals surface area contributed by atoms with Gasteiger partial charge in [0.2, 0.25) is 0 Å². The van der Waals surface area contributed by atoms with E-state index in [-0.39, 0.29) is 114 Å². The maximum Gasteiger partial charge on any atom is 0.338 e. The molecular formula is C116H165ClO22Si2. The largest absolute Gasteiger partial charge is 0.497 e. The van der Waals surface area contributed by atoms with E-state index in [0.717, 1.165) is 101 Å². The van der Waals surface area contributed by atoms with E-state index in [1.165, 1.54) is 0 Å². The standard InChI is InChI=1S/C58H82O11Si.C37H64O9Si.C21H19ClO2/c1-42-43(2)54(41-66-55(60)46-22-14-12-15-23-46)68-56(44(42)3)64-38-19-18-26-50(59)31-36-53(69-70(10,11)57(5,6)7)40-65-45(4)63-37-20-21-39-67-58(47-24-16-13-17-25-47,48-27-32-51(61-8)33-28-48)49-29-34-52(62-9)35-30-49;1-27-28(2)34(26-44-35(40)31-17-11-10-12-18-31)45-36(29(27)3)42-24-15-13-19-32(39)20-21-33(46-47(8,9)37(5,6)7)25-43-30(4)41-23-16-14-22-38;1-23-19-12-8-17(9-13-19)21(22,16-6-4-3-5-7-16)18-10-14-20(24-2)15-11-18/h12-17,22-25,27-30,32-35,42-45,53-54,56H,18-21,26,31,36-41H2,1-11H3;10-12,17-18,27-30,33-34,36,38H,13-16,19-26H2,1-9H3;3-15H,1-2H3. The number of esters is 2. The van der Waals surface area contributed by atoms with Gasteiger partial charge in [-0.15, -0.1) is 11.6 Å². The number of alkyl halides is 1. The highest BCUT2D eigenvalue weighted by Gasteiger charge is 2.45. The third kappa shape index (κ3) is 36.6. The summed E-state index contributed by atoms with van der Waals surface area (Å²) in [6.45, 7) is 42.6. The fourth-order valence-corrected chi connectivity index (χ4v) is 19.8. The molecule has 2 heterocycles. The Labute approximate surface area is 849 Å². The topological polar surface area (TPSA) is 245 Å². The first-order chi connectivity index (χ1) is 67.3. The number of hydrogen-bond acceptors (Lipinski definition) is 22. The predicted octanol–water partition coefficient (Wildman–Crippen LogP) is 25.4. The van der Waals surface area contributed by atoms with Gasteiger partial charge in [-0.25, -0.2) is 9.59 Å². The zero-order valence-corrected chi connectivity index (χ0v) is 91.0. The van der Waals surface area contributed by atoms with Crippen LogP contribution in [0.1, 0.15) is 241 Å². The van der Waals surface area contributed by atoms with Gasteiger partial charge in [0.25, 0.3) is 0 Å². The SMILES string of the molecule is CC(OCCCCO)OCC(CCC(=O)CCCCOC1OC(COC(=O)c2ccccc2)C(C)C(C)C1C)O[Si](C)(C)C(C)(C)C.COc1ccc(C(Cl)(c2ccccc2)c2ccc(OC)cc2)cc1.COc1ccc(C(OCCCCOC(C)OCC(CCC(=O)CCCCOC2OC(COC(=O)c3ccccc3)C(C)C(C)C2C)O[Si](C)(C)C(C)(C)C)(c2ccccc2)c2ccc(OC)cc2)cc1. The van der Waals surface area contributed by atoms with E-state index in [1.807, 2.05) is 172 Å². The molecular weight excluding hydrogens is 1840 g/mol. The second-order valence-corrected chi connectivity index (χ2v) is 50.6. The Morgan fingerprint density at radius 1 is 0.369 bits per heavy atom. The summed E-state index contributed by atoms with van der Waals surface area (Å²) in [5, 5.41) is 9.01. The lowest BCUT2D eigenvalue weighted by molar-refractivity contribution is -0.254. The van der Waals surface area contributed by atoms with Crippen LogP contribution < -0.4 is 18.9 Å². The number of ether oxygens (including phenoxy) is 15. The Hall–Kier alpha value is -8.52. The third-order valence-electron chi connectivity index (χ3n) is 28.5. The summed E-state index contributed by atoms with van der Waals surface area (Å²) in [7, 11) is 2.43. The number of aliphatic hydroxyl groups is 1. The number of Topliss-reactive ketones (excluding diaryl/α,β-unsaturated/α-hetero) is 2. The van der Waals surface area contributed by atoms with Crippen molar-refractivity contribution in [3.63, 3.8) is 0 Å². The van der Waals surface area contributed by atoms with Crippen LogP contribution in [0.3, 0.4) is 0 Å². The quantitative estimate of drug-likeness (QED) is 0.00929. The summed E-state index contributed by atoms with van der Waals surface area (Å²) in [6, 6.07) is 70.2. The summed E-state index contributed by atoms with van der Waals surface area (Å²) in [5.74, 6) is 4.31. The summed E-state index contributed by atoms with van der Waals surface area (Å²) in [6.07, 6.45) is 6.46. The Bertz CT molecular complexity index is 4760. The third-order valence-corrected chi connectivity index (χ3v) is 38.2. The monoisotopic (exact) mass is 2000 g/mol. The molecule has 22 nitrogen and oxygen atoms in total. The number of aliphatic hydroxyl groups excluding tert-OH is 1. The first-order valence-electron chi connectivity index (χ1n) is 50.8. The normalized spacial score (nSPS) is 19.4. The van der Waals surface area contributed by atoms with Crippen LogP contribution in [0.25, 0.3) is 0 Å². The molecule has 0 aromatic heterocycles. The van der Waals surface area contributed by atoms with Crippen LogP contribution in [-0.2, 0) is 81.0 Å². The number of ketones is 2. The van der Waals surface area contributed by atoms with Crippen LogP contribution in [0.15, 0.2) is 218 Å². The van der Waals surface area contributed by atoms with Crippen molar-refractivity contribution in [3.05, 3.63) is 263 Å². The number of hydrogen-bond donors (Lipinski definition) is 1. The van der Waals surface area contributed by atoms with Crippen molar-refractivity contribution in [2.45, 2.75) is 283 Å². The average Bonchev–Trinajstić information content (AvgIpc) is 0.752. The second kappa shape index (κ2) is 59.2. The van der Waals surface area contributed by atoms with Crippen LogP contribution in [0.2, 0.25) is 36.3 Å². The molecule has 141 heavy (non-hydrogen) atoms. The molecule has 2 saturated heterocycles. The number of unbranched alkanes of at least 4 members (excludes halogenated alkanes) is 4. The molecule has 0 spiro atoms. The van der Waals surface area contributed by atoms with E-state index in [0.29, 0.717) is 114 Å². The Balaban J connectivity index is 0.000000292. The Morgan fingerprint density at radius 2 is 0.674 bits per heavy atom. The predicted molar refractivity (Wildman–Crippen MR) is 563 cm³/mol. The molecule has 25 heteroatoms. The molecule has 0 aliphatic carbocycles. The first-order valence-corrected chi connectivity index (χ1v) is 57.0. The van der Waals surface area contributed by atoms with E-state index >= 15 is 0 Å². The number of rotatable bonds is 56. The molecule has 0 saturated carbocycles. The number of benzene rings is 8. The van der Waals surface area contributed by atoms with E-state index in [2.05, 4.69) is 146 Å². The smallest absolute Gasteiger partial charge is 0.338 e. The summed E-state index contributed by atoms with van der Waals surface area (Å²) >= 11 is 7.22. The fourth-order valence-electron chi connectivity index (χ4n) is 16.7. The van der Waals surface area contributed by atoms with E-state index in [9.17, 15) is 19.2 Å². The van der Waals surface area contributed by atoms with E-state index in [4.69, 9.17) is 96.6 Å². The average molecular weight is 2000 g/mol. The fraction of sp³-hybridized carbons (Fsp3) is 0.552. The van der Waals surface area contributed by atoms with E-state index < -0.39 is 39.7 Å². The maximum atomic E-state index is 13.3. The van der Waals surface area contributed by atoms with Gasteiger partial charge in [0.1, 0.15) is 58.3 Å². The lowest BCUT2D eigenvalue weighted by Crippen LogP contribution is -2.48. The Kier molecular flexibility index (Phi) is 49.4. The molecule has 2 fully saturated rings. The van der Waals surface area contributed by atoms with Gasteiger partial charge in [0, 0.05) is 77.2 Å². The first kappa shape index (κ1) is 118. The number of halogens is 1. The van der Waals surface area contributed by atoms with Gasteiger partial charge in [-0.3, -0.25) is 9.59 Å². The highest BCUT2D eigenvalue weighted by molar-refractivity contribution is 6.74. The van der Waals surface area contributed by atoms with Crippen molar-refractivity contribution in [1.82, 2.24) is 0 Å². The highest BCUT2D eigenvalue weighted by Crippen LogP contribution is 2.47. The lowest BCUT2D eigenvalue weighted by atomic mass is 9.79. The minimum Gasteiger partial charge on any atom is -0.497 e. The number of carbonyl (C=O) groups excluding carboxylic acids is 4. The molecule has 0 radical (unpaired) electrons. The van der Waals surface area contributed by atoms with Crippen LogP contribution in [0, 0.1) is 35.5 Å². The van der Waals surface area contributed by atoms with Crippen LogP contribution in [0.4, 0.5) is 0 Å². The van der Waals surface area contributed by atoms with Crippen molar-refractivity contribution in [2.75, 3.05) is 94.5 Å². The van der Waals surface area contributed by atoms with Crippen molar-refractivity contribution in [2.24, 2.45) is 35.5 Å². The van der Waals surface area contributed by atoms with Gasteiger partial charge >= 0.3 is 11.9 Å². The van der Waals surface area contributed by atoms with Crippen molar-refractivity contribution >= 4 is 51.7 Å². The summed E-state index contributed by atoms with van der Waals surface area (Å²) in [5.41, 5.74) is 6.16. The Morgan fingerprint density at radius 3 is 1.01 bits per heavy atom. The van der Waals surface area contributed by atoms with Crippen molar-refractivity contribution in [1.29, 1.82) is 0 Å². The highest BCUT2D eigenvalue weighted by atomic mass is 35.5. The molecule has 10 rings (SSSR count). The molecule has 2 aliphatic rings. The molecule has 2 aliphatic heterocycles. The van der Waals surface area contributed by atoms with Crippen LogP contribution >= 0.6 is 11.6 Å². The minimum absolute atomic E-state index is 0.000300. The van der Waals surface area contributed by atoms with Gasteiger partial charge < -0.3 is 85.0 Å². The number of carbonyl (C=O) groups is 4. The zero-order valence-electron chi connectivity index (χ0n) is 88.2. The molecule has 0 amide bonds. The second-order valence-electron chi connectivity index (χ2n) is 40.5. The van der Waals surface area contributed by atoms with Crippen LogP contribution in [0.5, 0.6) is 23.0 Å². The van der Waals surface area contributed by atoms with Crippen molar-refractivity contribution in [3.8, 4) is 23.0 Å².